The predicted molar refractivity (Wildman–Crippen MR) is 58.6 cm³/mol. The lowest BCUT2D eigenvalue weighted by molar-refractivity contribution is -0.133. The second-order valence-electron chi connectivity index (χ2n) is 3.63. The topological polar surface area (TPSA) is 12.0 Å². The highest BCUT2D eigenvalue weighted by atomic mass is 35.5. The first-order valence-corrected chi connectivity index (χ1v) is 5.29. The van der Waals surface area contributed by atoms with Crippen LogP contribution in [0.25, 0.3) is 0 Å². The number of benzene rings is 1. The van der Waals surface area contributed by atoms with Crippen LogP contribution in [0.4, 0.5) is 13.2 Å². The average Bonchev–Trinajstić information content (AvgIpc) is 2.17. The summed E-state index contributed by atoms with van der Waals surface area (Å²) in [6, 6.07) is 5.46. The first-order valence-electron chi connectivity index (χ1n) is 4.91. The van der Waals surface area contributed by atoms with Crippen molar-refractivity contribution in [3.8, 4) is 0 Å². The van der Waals surface area contributed by atoms with Crippen LogP contribution in [-0.4, -0.2) is 12.7 Å². The second-order valence-corrected chi connectivity index (χ2v) is 4.03. The van der Waals surface area contributed by atoms with Gasteiger partial charge in [-0.3, -0.25) is 0 Å². The van der Waals surface area contributed by atoms with E-state index in [1.165, 1.54) is 0 Å². The molecule has 0 aromatic heterocycles. The summed E-state index contributed by atoms with van der Waals surface area (Å²) < 4.78 is 35.5. The lowest BCUT2D eigenvalue weighted by atomic mass is 10.1. The summed E-state index contributed by atoms with van der Waals surface area (Å²) >= 11 is 5.89. The van der Waals surface area contributed by atoms with Gasteiger partial charge in [0.05, 0.1) is 6.42 Å². The Bertz CT molecular complexity index is 350. The van der Waals surface area contributed by atoms with Gasteiger partial charge in [-0.2, -0.15) is 13.2 Å². The zero-order chi connectivity index (χ0) is 12.2. The van der Waals surface area contributed by atoms with Crippen LogP contribution in [0.1, 0.15) is 17.5 Å². The molecule has 0 unspecified atom stereocenters. The molecule has 0 atom stereocenters. The van der Waals surface area contributed by atoms with Gasteiger partial charge in [0.2, 0.25) is 0 Å². The van der Waals surface area contributed by atoms with Crippen LogP contribution in [0, 0.1) is 6.92 Å². The molecule has 5 heteroatoms. The maximum absolute atomic E-state index is 11.8. The summed E-state index contributed by atoms with van der Waals surface area (Å²) in [5, 5.41) is 3.36. The lowest BCUT2D eigenvalue weighted by Crippen LogP contribution is -2.21. The maximum Gasteiger partial charge on any atom is 0.390 e. The molecule has 1 N–H and O–H groups in total. The summed E-state index contributed by atoms with van der Waals surface area (Å²) in [5.74, 6) is 0. The zero-order valence-corrected chi connectivity index (χ0v) is 9.62. The minimum Gasteiger partial charge on any atom is -0.312 e. The minimum absolute atomic E-state index is 0.0744. The molecule has 0 saturated heterocycles. The molecule has 0 fully saturated rings. The number of rotatable bonds is 4. The Morgan fingerprint density at radius 1 is 1.31 bits per heavy atom. The Hall–Kier alpha value is -0.740. The Morgan fingerprint density at radius 2 is 2.00 bits per heavy atom. The summed E-state index contributed by atoms with van der Waals surface area (Å²) in [4.78, 5) is 0. The van der Waals surface area contributed by atoms with Gasteiger partial charge in [0, 0.05) is 18.1 Å². The Balaban J connectivity index is 2.35. The monoisotopic (exact) mass is 251 g/mol. The molecular formula is C11H13ClF3N. The Kier molecular flexibility index (Phi) is 4.62. The van der Waals surface area contributed by atoms with E-state index in [0.717, 1.165) is 11.1 Å². The molecule has 90 valence electrons. The molecule has 0 radical (unpaired) electrons. The van der Waals surface area contributed by atoms with Gasteiger partial charge < -0.3 is 5.32 Å². The number of halogens is 4. The van der Waals surface area contributed by atoms with Crippen molar-refractivity contribution in [3.63, 3.8) is 0 Å². The van der Waals surface area contributed by atoms with Gasteiger partial charge in [0.25, 0.3) is 0 Å². The van der Waals surface area contributed by atoms with E-state index in [1.807, 2.05) is 19.1 Å². The minimum atomic E-state index is -4.10. The smallest absolute Gasteiger partial charge is 0.312 e. The lowest BCUT2D eigenvalue weighted by Gasteiger charge is -2.08. The van der Waals surface area contributed by atoms with E-state index in [1.54, 1.807) is 6.07 Å². The van der Waals surface area contributed by atoms with Gasteiger partial charge in [0.15, 0.2) is 0 Å². The van der Waals surface area contributed by atoms with Crippen molar-refractivity contribution < 1.29 is 13.2 Å². The molecule has 0 spiro atoms. The largest absolute Gasteiger partial charge is 0.390 e. The summed E-state index contributed by atoms with van der Waals surface area (Å²) in [6.45, 7) is 2.20. The van der Waals surface area contributed by atoms with Crippen LogP contribution in [0.5, 0.6) is 0 Å². The van der Waals surface area contributed by atoms with Crippen molar-refractivity contribution in [2.45, 2.75) is 26.1 Å². The second kappa shape index (κ2) is 5.55. The molecule has 0 saturated carbocycles. The normalized spacial score (nSPS) is 11.8. The summed E-state index contributed by atoms with van der Waals surface area (Å²) in [5.41, 5.74) is 1.85. The number of alkyl halides is 3. The first-order chi connectivity index (χ1) is 7.38. The molecule has 0 aliphatic rings. The molecule has 16 heavy (non-hydrogen) atoms. The average molecular weight is 252 g/mol. The van der Waals surface area contributed by atoms with Crippen LogP contribution in [0.3, 0.4) is 0 Å². The van der Waals surface area contributed by atoms with Crippen molar-refractivity contribution in [2.75, 3.05) is 6.54 Å². The molecule has 0 heterocycles. The van der Waals surface area contributed by atoms with Crippen LogP contribution in [-0.2, 0) is 6.54 Å². The van der Waals surface area contributed by atoms with E-state index in [-0.39, 0.29) is 6.54 Å². The predicted octanol–water partition coefficient (Wildman–Crippen LogP) is 3.69. The highest BCUT2D eigenvalue weighted by Crippen LogP contribution is 2.19. The Morgan fingerprint density at radius 3 is 2.56 bits per heavy atom. The van der Waals surface area contributed by atoms with E-state index < -0.39 is 12.6 Å². The molecule has 0 aliphatic carbocycles. The number of nitrogens with one attached hydrogen (secondary N) is 1. The molecule has 1 aromatic rings. The highest BCUT2D eigenvalue weighted by molar-refractivity contribution is 6.31. The van der Waals surface area contributed by atoms with E-state index in [0.29, 0.717) is 11.6 Å². The van der Waals surface area contributed by atoms with E-state index in [4.69, 9.17) is 11.6 Å². The molecule has 1 aromatic carbocycles. The number of aryl methyl sites for hydroxylation is 1. The van der Waals surface area contributed by atoms with E-state index in [9.17, 15) is 13.2 Å². The quantitative estimate of drug-likeness (QED) is 0.805. The van der Waals surface area contributed by atoms with Crippen molar-refractivity contribution in [2.24, 2.45) is 0 Å². The van der Waals surface area contributed by atoms with Gasteiger partial charge in [-0.25, -0.2) is 0 Å². The van der Waals surface area contributed by atoms with Gasteiger partial charge >= 0.3 is 6.18 Å². The molecule has 0 bridgehead atoms. The van der Waals surface area contributed by atoms with Gasteiger partial charge in [-0.1, -0.05) is 23.7 Å². The van der Waals surface area contributed by atoms with Crippen molar-refractivity contribution >= 4 is 11.6 Å². The van der Waals surface area contributed by atoms with Crippen molar-refractivity contribution in [3.05, 3.63) is 34.3 Å². The Labute approximate surface area is 97.6 Å². The van der Waals surface area contributed by atoms with E-state index >= 15 is 0 Å². The molecular weight excluding hydrogens is 239 g/mol. The standard InChI is InChI=1S/C11H13ClF3N/c1-8-2-3-9(6-10(8)12)7-16-5-4-11(13,14)15/h2-3,6,16H,4-5,7H2,1H3. The fraction of sp³-hybridized carbons (Fsp3) is 0.455. The third kappa shape index (κ3) is 4.86. The van der Waals surface area contributed by atoms with Crippen LogP contribution in [0.2, 0.25) is 5.02 Å². The third-order valence-electron chi connectivity index (χ3n) is 2.15. The molecule has 1 rings (SSSR count). The van der Waals surface area contributed by atoms with Crippen LogP contribution in [0.15, 0.2) is 18.2 Å². The third-order valence-corrected chi connectivity index (χ3v) is 2.56. The SMILES string of the molecule is Cc1ccc(CNCCC(F)(F)F)cc1Cl. The number of hydrogen-bond acceptors (Lipinski definition) is 1. The maximum atomic E-state index is 11.8. The fourth-order valence-electron chi connectivity index (χ4n) is 1.21. The van der Waals surface area contributed by atoms with Gasteiger partial charge in [0.1, 0.15) is 0 Å². The molecule has 1 nitrogen and oxygen atoms in total. The van der Waals surface area contributed by atoms with Crippen molar-refractivity contribution in [1.82, 2.24) is 5.32 Å². The van der Waals surface area contributed by atoms with Crippen LogP contribution < -0.4 is 5.32 Å². The van der Waals surface area contributed by atoms with Crippen LogP contribution >= 0.6 is 11.6 Å². The van der Waals surface area contributed by atoms with Gasteiger partial charge in [-0.05, 0) is 24.1 Å². The molecule has 0 amide bonds. The zero-order valence-electron chi connectivity index (χ0n) is 8.87. The molecule has 0 aliphatic heterocycles. The van der Waals surface area contributed by atoms with E-state index in [2.05, 4.69) is 5.32 Å². The first kappa shape index (κ1) is 13.3. The number of hydrogen-bond donors (Lipinski definition) is 1. The van der Waals surface area contributed by atoms with Crippen molar-refractivity contribution in [1.29, 1.82) is 0 Å². The highest BCUT2D eigenvalue weighted by Gasteiger charge is 2.25. The van der Waals surface area contributed by atoms with Gasteiger partial charge in [-0.15, -0.1) is 0 Å². The fourth-order valence-corrected chi connectivity index (χ4v) is 1.41. The summed E-state index contributed by atoms with van der Waals surface area (Å²) in [7, 11) is 0. The summed E-state index contributed by atoms with van der Waals surface area (Å²) in [6.07, 6.45) is -4.91.